The molecule has 2 aromatic rings. The Hall–Kier alpha value is -2.76. The van der Waals surface area contributed by atoms with E-state index < -0.39 is 10.0 Å². The number of amides is 2. The number of piperidine rings is 1. The van der Waals surface area contributed by atoms with Crippen molar-refractivity contribution in [2.75, 3.05) is 32.8 Å². The van der Waals surface area contributed by atoms with E-state index in [0.29, 0.717) is 37.4 Å². The number of sulfonamides is 1. The van der Waals surface area contributed by atoms with Crippen LogP contribution in [0.3, 0.4) is 0 Å². The fourth-order valence-electron chi connectivity index (χ4n) is 4.29. The fourth-order valence-corrected chi connectivity index (χ4v) is 5.40. The van der Waals surface area contributed by atoms with Crippen LogP contribution in [0.1, 0.15) is 46.4 Å². The molecule has 1 atom stereocenters. The number of aromatic nitrogens is 2. The van der Waals surface area contributed by atoms with Crippen molar-refractivity contribution >= 4 is 21.8 Å². The number of carbonyl (C=O) groups is 2. The normalized spacial score (nSPS) is 19.3. The predicted molar refractivity (Wildman–Crippen MR) is 125 cm³/mol. The van der Waals surface area contributed by atoms with Gasteiger partial charge < -0.3 is 15.0 Å². The first-order chi connectivity index (χ1) is 16.3. The molecule has 0 radical (unpaired) electrons. The maximum Gasteiger partial charge on any atom is 0.254 e. The lowest BCUT2D eigenvalue weighted by atomic mass is 9.96. The molecule has 2 aliphatic heterocycles. The number of carbonyl (C=O) groups excluding carboxylic acids is 2. The zero-order chi connectivity index (χ0) is 24.1. The molecule has 11 heteroatoms. The van der Waals surface area contributed by atoms with Crippen LogP contribution in [0.5, 0.6) is 0 Å². The number of aryl methyl sites for hydroxylation is 1. The molecule has 2 amide bonds. The van der Waals surface area contributed by atoms with Crippen molar-refractivity contribution in [3.63, 3.8) is 0 Å². The highest BCUT2D eigenvalue weighted by Crippen LogP contribution is 2.20. The average Bonchev–Trinajstić information content (AvgIpc) is 3.53. The Morgan fingerprint density at radius 2 is 1.94 bits per heavy atom. The Morgan fingerprint density at radius 3 is 2.62 bits per heavy atom. The van der Waals surface area contributed by atoms with Gasteiger partial charge in [0.25, 0.3) is 11.8 Å². The van der Waals surface area contributed by atoms with Gasteiger partial charge in [-0.05, 0) is 49.8 Å². The van der Waals surface area contributed by atoms with Crippen molar-refractivity contribution in [2.45, 2.75) is 36.7 Å². The van der Waals surface area contributed by atoms with Gasteiger partial charge in [-0.25, -0.2) is 13.1 Å². The Kier molecular flexibility index (Phi) is 7.64. The fraction of sp³-hybridized carbons (Fsp3) is 0.522. The molecule has 1 aromatic carbocycles. The van der Waals surface area contributed by atoms with Crippen molar-refractivity contribution < 1.29 is 22.7 Å². The number of rotatable bonds is 8. The zero-order valence-electron chi connectivity index (χ0n) is 19.3. The largest absolute Gasteiger partial charge is 0.377 e. The smallest absolute Gasteiger partial charge is 0.254 e. The molecule has 0 spiro atoms. The molecule has 10 nitrogen and oxygen atoms in total. The van der Waals surface area contributed by atoms with Crippen LogP contribution in [0.25, 0.3) is 0 Å². The van der Waals surface area contributed by atoms with E-state index in [1.807, 2.05) is 0 Å². The Labute approximate surface area is 199 Å². The van der Waals surface area contributed by atoms with E-state index in [1.165, 1.54) is 18.3 Å². The molecule has 2 fully saturated rings. The first-order valence-corrected chi connectivity index (χ1v) is 13.1. The lowest BCUT2D eigenvalue weighted by Gasteiger charge is -2.32. The summed E-state index contributed by atoms with van der Waals surface area (Å²) in [7, 11) is -1.97. The van der Waals surface area contributed by atoms with Gasteiger partial charge in [-0.1, -0.05) is 6.07 Å². The van der Waals surface area contributed by atoms with Gasteiger partial charge in [0.2, 0.25) is 10.0 Å². The summed E-state index contributed by atoms with van der Waals surface area (Å²) in [6.07, 6.45) is 6.40. The number of hydrogen-bond acceptors (Lipinski definition) is 6. The van der Waals surface area contributed by atoms with Crippen LogP contribution in [0.2, 0.25) is 0 Å². The molecule has 2 N–H and O–H groups in total. The van der Waals surface area contributed by atoms with Crippen LogP contribution < -0.4 is 10.0 Å². The first-order valence-electron chi connectivity index (χ1n) is 11.6. The van der Waals surface area contributed by atoms with Gasteiger partial charge in [0.1, 0.15) is 0 Å². The molecule has 0 aliphatic carbocycles. The molecule has 3 heterocycles. The van der Waals surface area contributed by atoms with E-state index in [0.717, 1.165) is 25.7 Å². The standard InChI is InChI=1S/C23H31N5O5S/c1-27-16-19(14-25-27)22(29)24-13-17-7-9-28(10-8-17)23(30)18-4-2-6-21(12-18)34(31,32)26-15-20-5-3-11-33-20/h2,4,6,12,14,16-17,20,26H,3,5,7-11,13,15H2,1H3,(H,24,29). The van der Waals surface area contributed by atoms with Crippen LogP contribution in [0, 0.1) is 5.92 Å². The molecule has 2 aliphatic rings. The molecule has 4 rings (SSSR count). The predicted octanol–water partition coefficient (Wildman–Crippen LogP) is 1.16. The van der Waals surface area contributed by atoms with Crippen molar-refractivity contribution in [3.8, 4) is 0 Å². The van der Waals surface area contributed by atoms with Crippen LogP contribution in [-0.2, 0) is 21.8 Å². The van der Waals surface area contributed by atoms with Gasteiger partial charge in [-0.15, -0.1) is 0 Å². The molecule has 184 valence electrons. The summed E-state index contributed by atoms with van der Waals surface area (Å²) in [5, 5.41) is 6.94. The van der Waals surface area contributed by atoms with E-state index in [-0.39, 0.29) is 35.3 Å². The summed E-state index contributed by atoms with van der Waals surface area (Å²) in [5.74, 6) is -0.0647. The summed E-state index contributed by atoms with van der Waals surface area (Å²) < 4.78 is 35.0. The Morgan fingerprint density at radius 1 is 1.15 bits per heavy atom. The third-order valence-corrected chi connectivity index (χ3v) is 7.76. The van der Waals surface area contributed by atoms with Crippen LogP contribution >= 0.6 is 0 Å². The molecule has 0 saturated carbocycles. The zero-order valence-corrected chi connectivity index (χ0v) is 20.1. The summed E-state index contributed by atoms with van der Waals surface area (Å²) in [6.45, 7) is 2.54. The lowest BCUT2D eigenvalue weighted by molar-refractivity contribution is 0.0684. The van der Waals surface area contributed by atoms with Crippen LogP contribution in [-0.4, -0.2) is 73.8 Å². The van der Waals surface area contributed by atoms with Crippen molar-refractivity contribution in [1.29, 1.82) is 0 Å². The average molecular weight is 490 g/mol. The second-order valence-electron chi connectivity index (χ2n) is 8.86. The Balaban J connectivity index is 1.28. The van der Waals surface area contributed by atoms with Gasteiger partial charge in [-0.2, -0.15) is 5.10 Å². The van der Waals surface area contributed by atoms with Crippen LogP contribution in [0.4, 0.5) is 0 Å². The van der Waals surface area contributed by atoms with Crippen LogP contribution in [0.15, 0.2) is 41.6 Å². The second kappa shape index (κ2) is 10.7. The number of likely N-dealkylation sites (tertiary alicyclic amines) is 1. The van der Waals surface area contributed by atoms with E-state index in [9.17, 15) is 18.0 Å². The minimum atomic E-state index is -3.73. The quantitative estimate of drug-likeness (QED) is 0.574. The lowest BCUT2D eigenvalue weighted by Crippen LogP contribution is -2.41. The van der Waals surface area contributed by atoms with Crippen molar-refractivity contribution in [1.82, 2.24) is 24.7 Å². The minimum absolute atomic E-state index is 0.0735. The molecule has 2 saturated heterocycles. The van der Waals surface area contributed by atoms with E-state index >= 15 is 0 Å². The van der Waals surface area contributed by atoms with Gasteiger partial charge in [0.05, 0.1) is 22.8 Å². The van der Waals surface area contributed by atoms with Crippen molar-refractivity contribution in [2.24, 2.45) is 13.0 Å². The topological polar surface area (TPSA) is 123 Å². The monoisotopic (exact) mass is 489 g/mol. The molecule has 1 unspecified atom stereocenters. The number of nitrogens with one attached hydrogen (secondary N) is 2. The number of hydrogen-bond donors (Lipinski definition) is 2. The minimum Gasteiger partial charge on any atom is -0.377 e. The van der Waals surface area contributed by atoms with Gasteiger partial charge in [0.15, 0.2) is 0 Å². The number of benzene rings is 1. The number of nitrogens with zero attached hydrogens (tertiary/aromatic N) is 3. The highest BCUT2D eigenvalue weighted by Gasteiger charge is 2.26. The van der Waals surface area contributed by atoms with Gasteiger partial charge in [0, 0.05) is 51.6 Å². The summed E-state index contributed by atoms with van der Waals surface area (Å²) in [5.41, 5.74) is 0.874. The highest BCUT2D eigenvalue weighted by atomic mass is 32.2. The SMILES string of the molecule is Cn1cc(C(=O)NCC2CCN(C(=O)c3cccc(S(=O)(=O)NCC4CCCO4)c3)CC2)cn1. The second-order valence-corrected chi connectivity index (χ2v) is 10.6. The van der Waals surface area contributed by atoms with E-state index in [1.54, 1.807) is 35.0 Å². The maximum atomic E-state index is 13.0. The van der Waals surface area contributed by atoms with E-state index in [2.05, 4.69) is 15.1 Å². The molecule has 1 aromatic heterocycles. The third kappa shape index (κ3) is 6.02. The third-order valence-electron chi connectivity index (χ3n) is 6.34. The summed E-state index contributed by atoms with van der Waals surface area (Å²) >= 11 is 0. The van der Waals surface area contributed by atoms with Gasteiger partial charge >= 0.3 is 0 Å². The molecular formula is C23H31N5O5S. The van der Waals surface area contributed by atoms with Crippen molar-refractivity contribution in [3.05, 3.63) is 47.8 Å². The summed E-state index contributed by atoms with van der Waals surface area (Å²) in [6, 6.07) is 6.16. The van der Waals surface area contributed by atoms with Gasteiger partial charge in [-0.3, -0.25) is 14.3 Å². The van der Waals surface area contributed by atoms with E-state index in [4.69, 9.17) is 4.74 Å². The molecular weight excluding hydrogens is 458 g/mol. The number of ether oxygens (including phenoxy) is 1. The summed E-state index contributed by atoms with van der Waals surface area (Å²) in [4.78, 5) is 27.0. The maximum absolute atomic E-state index is 13.0. The Bertz CT molecular complexity index is 1120. The highest BCUT2D eigenvalue weighted by molar-refractivity contribution is 7.89. The molecule has 34 heavy (non-hydrogen) atoms. The molecule has 0 bridgehead atoms. The first kappa shape index (κ1) is 24.4.